The van der Waals surface area contributed by atoms with E-state index in [1.54, 1.807) is 13.1 Å². The lowest BCUT2D eigenvalue weighted by Gasteiger charge is -2.18. The number of hydrogen-bond donors (Lipinski definition) is 1. The van der Waals surface area contributed by atoms with E-state index in [4.69, 9.17) is 0 Å². The molecular weight excluding hydrogens is 340 g/mol. The Morgan fingerprint density at radius 2 is 2.08 bits per heavy atom. The van der Waals surface area contributed by atoms with Crippen molar-refractivity contribution in [3.8, 4) is 0 Å². The first-order chi connectivity index (χ1) is 12.5. The van der Waals surface area contributed by atoms with Gasteiger partial charge in [-0.25, -0.2) is 9.97 Å². The summed E-state index contributed by atoms with van der Waals surface area (Å²) < 4.78 is 27.0. The van der Waals surface area contributed by atoms with Crippen LogP contribution in [0.1, 0.15) is 53.6 Å². The third-order valence-corrected chi connectivity index (χ3v) is 5.02. The van der Waals surface area contributed by atoms with Gasteiger partial charge in [-0.05, 0) is 44.4 Å². The van der Waals surface area contributed by atoms with E-state index in [-0.39, 0.29) is 11.7 Å². The van der Waals surface area contributed by atoms with Crippen LogP contribution in [0.2, 0.25) is 0 Å². The van der Waals surface area contributed by atoms with E-state index in [2.05, 4.69) is 15.3 Å². The molecule has 8 heteroatoms. The van der Waals surface area contributed by atoms with E-state index in [0.29, 0.717) is 24.1 Å². The van der Waals surface area contributed by atoms with E-state index in [9.17, 15) is 13.6 Å². The molecule has 0 aromatic carbocycles. The molecule has 1 unspecified atom stereocenters. The van der Waals surface area contributed by atoms with Crippen molar-refractivity contribution < 1.29 is 13.6 Å². The smallest absolute Gasteiger partial charge is 0.319 e. The number of aryl methyl sites for hydroxylation is 1. The molecule has 2 aromatic heterocycles. The SMILES string of the molecule is Cc1ccc(C(=O)NC2CCN(c3nccc(C4CC4)n3)C2)n1C(F)F. The molecule has 2 aliphatic rings. The maximum Gasteiger partial charge on any atom is 0.319 e. The Bertz CT molecular complexity index is 818. The second kappa shape index (κ2) is 6.66. The number of nitrogens with zero attached hydrogens (tertiary/aromatic N) is 4. The molecule has 1 saturated heterocycles. The van der Waals surface area contributed by atoms with Gasteiger partial charge in [-0.3, -0.25) is 9.36 Å². The summed E-state index contributed by atoms with van der Waals surface area (Å²) in [4.78, 5) is 23.4. The summed E-state index contributed by atoms with van der Waals surface area (Å²) in [6, 6.07) is 4.81. The predicted octanol–water partition coefficient (Wildman–Crippen LogP) is 2.87. The van der Waals surface area contributed by atoms with Gasteiger partial charge in [0.05, 0.1) is 0 Å². The third-order valence-electron chi connectivity index (χ3n) is 5.02. The Labute approximate surface area is 150 Å². The summed E-state index contributed by atoms with van der Waals surface area (Å²) in [5.41, 5.74) is 1.43. The van der Waals surface area contributed by atoms with Crippen molar-refractivity contribution in [1.82, 2.24) is 19.9 Å². The number of alkyl halides is 2. The zero-order chi connectivity index (χ0) is 18.3. The molecule has 1 amide bonds. The van der Waals surface area contributed by atoms with Crippen molar-refractivity contribution in [3.05, 3.63) is 41.5 Å². The molecule has 0 spiro atoms. The first-order valence-corrected chi connectivity index (χ1v) is 8.87. The topological polar surface area (TPSA) is 63.1 Å². The molecule has 6 nitrogen and oxygen atoms in total. The molecule has 1 aliphatic heterocycles. The Hall–Kier alpha value is -2.51. The highest BCUT2D eigenvalue weighted by Gasteiger charge is 2.29. The van der Waals surface area contributed by atoms with Crippen LogP contribution in [0.15, 0.2) is 24.4 Å². The van der Waals surface area contributed by atoms with Crippen LogP contribution in [0, 0.1) is 6.92 Å². The number of hydrogen-bond acceptors (Lipinski definition) is 4. The summed E-state index contributed by atoms with van der Waals surface area (Å²) in [5, 5.41) is 2.86. The summed E-state index contributed by atoms with van der Waals surface area (Å²) in [6.07, 6.45) is 4.87. The fraction of sp³-hybridized carbons (Fsp3) is 0.500. The van der Waals surface area contributed by atoms with Crippen LogP contribution in [-0.2, 0) is 0 Å². The summed E-state index contributed by atoms with van der Waals surface area (Å²) in [5.74, 6) is 0.760. The van der Waals surface area contributed by atoms with Crippen LogP contribution in [0.25, 0.3) is 0 Å². The van der Waals surface area contributed by atoms with Gasteiger partial charge in [-0.2, -0.15) is 8.78 Å². The minimum Gasteiger partial charge on any atom is -0.346 e. The predicted molar refractivity (Wildman–Crippen MR) is 92.5 cm³/mol. The summed E-state index contributed by atoms with van der Waals surface area (Å²) >= 11 is 0. The van der Waals surface area contributed by atoms with E-state index in [0.717, 1.165) is 23.2 Å². The number of carbonyl (C=O) groups excluding carboxylic acids is 1. The quantitative estimate of drug-likeness (QED) is 0.890. The van der Waals surface area contributed by atoms with Crippen molar-refractivity contribution in [3.63, 3.8) is 0 Å². The van der Waals surface area contributed by atoms with Crippen molar-refractivity contribution >= 4 is 11.9 Å². The average molecular weight is 361 g/mol. The van der Waals surface area contributed by atoms with Gasteiger partial charge in [0.25, 0.3) is 5.91 Å². The average Bonchev–Trinajstić information content (AvgIpc) is 3.25. The second-order valence-electron chi connectivity index (χ2n) is 6.97. The first kappa shape index (κ1) is 16.9. The molecule has 1 N–H and O–H groups in total. The fourth-order valence-corrected chi connectivity index (χ4v) is 3.43. The minimum absolute atomic E-state index is 0.0112. The molecule has 3 heterocycles. The van der Waals surface area contributed by atoms with Gasteiger partial charge in [-0.1, -0.05) is 0 Å². The first-order valence-electron chi connectivity index (χ1n) is 8.87. The van der Waals surface area contributed by atoms with Gasteiger partial charge in [0.15, 0.2) is 0 Å². The molecule has 0 bridgehead atoms. The molecule has 1 saturated carbocycles. The van der Waals surface area contributed by atoms with Crippen LogP contribution >= 0.6 is 0 Å². The number of halogens is 2. The van der Waals surface area contributed by atoms with Gasteiger partial charge in [0.1, 0.15) is 5.69 Å². The highest BCUT2D eigenvalue weighted by atomic mass is 19.3. The van der Waals surface area contributed by atoms with Crippen molar-refractivity contribution in [2.24, 2.45) is 0 Å². The van der Waals surface area contributed by atoms with Crippen molar-refractivity contribution in [1.29, 1.82) is 0 Å². The van der Waals surface area contributed by atoms with E-state index in [1.807, 2.05) is 11.0 Å². The minimum atomic E-state index is -2.73. The molecule has 138 valence electrons. The number of nitrogens with one attached hydrogen (secondary N) is 1. The van der Waals surface area contributed by atoms with Crippen molar-refractivity contribution in [2.45, 2.75) is 44.7 Å². The lowest BCUT2D eigenvalue weighted by atomic mass is 10.2. The zero-order valence-electron chi connectivity index (χ0n) is 14.5. The molecule has 1 aliphatic carbocycles. The third kappa shape index (κ3) is 3.27. The highest BCUT2D eigenvalue weighted by Crippen LogP contribution is 2.39. The van der Waals surface area contributed by atoms with E-state index < -0.39 is 12.5 Å². The number of anilines is 1. The molecule has 26 heavy (non-hydrogen) atoms. The van der Waals surface area contributed by atoms with E-state index >= 15 is 0 Å². The molecule has 4 rings (SSSR count). The Morgan fingerprint density at radius 3 is 2.81 bits per heavy atom. The second-order valence-corrected chi connectivity index (χ2v) is 6.97. The number of aromatic nitrogens is 3. The molecular formula is C18H21F2N5O. The Balaban J connectivity index is 1.41. The summed E-state index contributed by atoms with van der Waals surface area (Å²) in [7, 11) is 0. The van der Waals surface area contributed by atoms with Crippen LogP contribution < -0.4 is 10.2 Å². The van der Waals surface area contributed by atoms with Crippen LogP contribution in [-0.4, -0.2) is 39.6 Å². The van der Waals surface area contributed by atoms with Gasteiger partial charge in [0, 0.05) is 42.6 Å². The normalized spacial score (nSPS) is 20.0. The molecule has 0 radical (unpaired) electrons. The molecule has 2 aromatic rings. The number of rotatable bonds is 5. The maximum atomic E-state index is 13.1. The van der Waals surface area contributed by atoms with Crippen molar-refractivity contribution in [2.75, 3.05) is 18.0 Å². The van der Waals surface area contributed by atoms with Gasteiger partial charge in [0.2, 0.25) is 5.95 Å². The Kier molecular flexibility index (Phi) is 4.34. The monoisotopic (exact) mass is 361 g/mol. The Morgan fingerprint density at radius 1 is 1.27 bits per heavy atom. The number of amides is 1. The van der Waals surface area contributed by atoms with E-state index in [1.165, 1.54) is 25.0 Å². The van der Waals surface area contributed by atoms with Crippen LogP contribution in [0.3, 0.4) is 0 Å². The fourth-order valence-electron chi connectivity index (χ4n) is 3.43. The standard InChI is InChI=1S/C18H21F2N5O/c1-11-2-5-15(25(11)17(19)20)16(26)22-13-7-9-24(10-13)18-21-8-6-14(23-18)12-3-4-12/h2,5-6,8,12-13,17H,3-4,7,9-10H2,1H3,(H,22,26). The van der Waals surface area contributed by atoms with Gasteiger partial charge < -0.3 is 10.2 Å². The largest absolute Gasteiger partial charge is 0.346 e. The lowest BCUT2D eigenvalue weighted by molar-refractivity contribution is 0.0615. The maximum absolute atomic E-state index is 13.1. The van der Waals surface area contributed by atoms with Gasteiger partial charge >= 0.3 is 6.55 Å². The van der Waals surface area contributed by atoms with Crippen LogP contribution in [0.5, 0.6) is 0 Å². The summed E-state index contributed by atoms with van der Waals surface area (Å²) in [6.45, 7) is 0.136. The molecule has 2 fully saturated rings. The number of carbonyl (C=O) groups is 1. The molecule has 1 atom stereocenters. The van der Waals surface area contributed by atoms with Gasteiger partial charge in [-0.15, -0.1) is 0 Å². The zero-order valence-corrected chi connectivity index (χ0v) is 14.5. The lowest BCUT2D eigenvalue weighted by Crippen LogP contribution is -2.38. The van der Waals surface area contributed by atoms with Crippen LogP contribution in [0.4, 0.5) is 14.7 Å². The highest BCUT2D eigenvalue weighted by molar-refractivity contribution is 5.93.